The van der Waals surface area contributed by atoms with Crippen molar-refractivity contribution in [3.63, 3.8) is 0 Å². The lowest BCUT2D eigenvalue weighted by atomic mass is 9.59. The Morgan fingerprint density at radius 2 is 1.05 bits per heavy atom. The third kappa shape index (κ3) is 4.00. The Kier molecular flexibility index (Phi) is 6.41. The van der Waals surface area contributed by atoms with Crippen LogP contribution in [0.25, 0.3) is 49.7 Å². The van der Waals surface area contributed by atoms with Gasteiger partial charge in [-0.1, -0.05) is 98.4 Å². The van der Waals surface area contributed by atoms with E-state index in [2.05, 4.69) is 156 Å². The standard InChI is InChI=1S/C34H34B5N/c1-34(2,3)28-21(19-11-6-4-7-12-19)17-18-24-27(28)25-22(26-29(35)31(37)33(39)32(38)30(26)36)15-10-16-23(25)40(24)20-13-8-5-9-14-20/h4-18H,35-39H2,1-3H3. The van der Waals surface area contributed by atoms with Gasteiger partial charge in [-0.05, 0) is 57.5 Å². The summed E-state index contributed by atoms with van der Waals surface area (Å²) in [7, 11) is 11.4. The SMILES string of the molecule is Bc1c(B)c(B)c(-c2cccc3c2c2c(C(C)(C)C)c(-c4ccccc4)ccc2n3-c2ccccc2)c(B)c1B. The van der Waals surface area contributed by atoms with Gasteiger partial charge in [0.15, 0.2) is 0 Å². The molecule has 0 aliphatic heterocycles. The second-order valence-electron chi connectivity index (χ2n) is 12.4. The van der Waals surface area contributed by atoms with Gasteiger partial charge in [-0.25, -0.2) is 0 Å². The van der Waals surface area contributed by atoms with Crippen LogP contribution in [-0.4, -0.2) is 43.8 Å². The Morgan fingerprint density at radius 1 is 0.500 bits per heavy atom. The zero-order valence-electron chi connectivity index (χ0n) is 25.1. The predicted molar refractivity (Wildman–Crippen MR) is 191 cm³/mol. The fourth-order valence-electron chi connectivity index (χ4n) is 6.75. The fraction of sp³-hybridized carbons (Fsp3) is 0.118. The minimum atomic E-state index is -0.0726. The minimum Gasteiger partial charge on any atom is -0.309 e. The molecule has 0 amide bonds. The van der Waals surface area contributed by atoms with Crippen molar-refractivity contribution < 1.29 is 0 Å². The van der Waals surface area contributed by atoms with E-state index in [0.717, 1.165) is 0 Å². The number of hydrogen-bond acceptors (Lipinski definition) is 0. The van der Waals surface area contributed by atoms with Crippen LogP contribution < -0.4 is 27.3 Å². The second kappa shape index (κ2) is 9.70. The first kappa shape index (κ1) is 26.4. The van der Waals surface area contributed by atoms with E-state index < -0.39 is 0 Å². The van der Waals surface area contributed by atoms with E-state index in [9.17, 15) is 0 Å². The van der Waals surface area contributed by atoms with Crippen molar-refractivity contribution in [2.45, 2.75) is 26.2 Å². The van der Waals surface area contributed by atoms with Gasteiger partial charge in [0.2, 0.25) is 0 Å². The van der Waals surface area contributed by atoms with Crippen molar-refractivity contribution >= 4 is 88.4 Å². The van der Waals surface area contributed by atoms with Crippen molar-refractivity contribution in [1.82, 2.24) is 4.57 Å². The molecule has 1 heterocycles. The zero-order valence-corrected chi connectivity index (χ0v) is 25.1. The topological polar surface area (TPSA) is 4.93 Å². The number of rotatable bonds is 3. The molecular formula is C34H34B5N. The molecule has 0 aliphatic carbocycles. The highest BCUT2D eigenvalue weighted by atomic mass is 15.0. The van der Waals surface area contributed by atoms with Crippen LogP contribution in [0.15, 0.2) is 91.0 Å². The molecule has 190 valence electrons. The molecule has 0 saturated heterocycles. The van der Waals surface area contributed by atoms with Crippen LogP contribution in [0.2, 0.25) is 0 Å². The molecule has 0 spiro atoms. The summed E-state index contributed by atoms with van der Waals surface area (Å²) in [6.07, 6.45) is 0. The van der Waals surface area contributed by atoms with Gasteiger partial charge in [-0.2, -0.15) is 0 Å². The summed E-state index contributed by atoms with van der Waals surface area (Å²) in [5.74, 6) is 0. The van der Waals surface area contributed by atoms with Gasteiger partial charge in [-0.3, -0.25) is 0 Å². The molecule has 0 radical (unpaired) electrons. The normalized spacial score (nSPS) is 11.9. The molecule has 0 fully saturated rings. The van der Waals surface area contributed by atoms with Gasteiger partial charge in [0.25, 0.3) is 0 Å². The van der Waals surface area contributed by atoms with Crippen molar-refractivity contribution in [1.29, 1.82) is 0 Å². The maximum atomic E-state index is 2.47. The lowest BCUT2D eigenvalue weighted by molar-refractivity contribution is 0.598. The minimum absolute atomic E-state index is 0.0726. The summed E-state index contributed by atoms with van der Waals surface area (Å²) in [6, 6.07) is 33.3. The Balaban J connectivity index is 1.89. The Labute approximate surface area is 243 Å². The van der Waals surface area contributed by atoms with Crippen LogP contribution in [0, 0.1) is 0 Å². The molecule has 6 aromatic rings. The molecule has 6 heteroatoms. The predicted octanol–water partition coefficient (Wildman–Crippen LogP) is 0.707. The molecule has 0 atom stereocenters. The maximum Gasteiger partial charge on any atom is 0.139 e. The van der Waals surface area contributed by atoms with Crippen LogP contribution in [-0.2, 0) is 5.41 Å². The van der Waals surface area contributed by atoms with E-state index >= 15 is 0 Å². The smallest absolute Gasteiger partial charge is 0.139 e. The Bertz CT molecular complexity index is 1890. The number of aromatic nitrogens is 1. The van der Waals surface area contributed by atoms with Gasteiger partial charge in [0.05, 0.1) is 11.0 Å². The van der Waals surface area contributed by atoms with Crippen LogP contribution in [0.3, 0.4) is 0 Å². The number of hydrogen-bond donors (Lipinski definition) is 0. The van der Waals surface area contributed by atoms with Crippen molar-refractivity contribution in [2.75, 3.05) is 0 Å². The highest BCUT2D eigenvalue weighted by molar-refractivity contribution is 6.69. The largest absolute Gasteiger partial charge is 0.309 e. The molecule has 6 rings (SSSR count). The summed E-state index contributed by atoms with van der Waals surface area (Å²) < 4.78 is 2.47. The summed E-state index contributed by atoms with van der Waals surface area (Å²) in [6.45, 7) is 7.08. The van der Waals surface area contributed by atoms with E-state index in [1.54, 1.807) is 0 Å². The number of nitrogens with zero attached hydrogens (tertiary/aromatic N) is 1. The van der Waals surface area contributed by atoms with E-state index in [0.29, 0.717) is 0 Å². The second-order valence-corrected chi connectivity index (χ2v) is 12.4. The molecule has 0 unspecified atom stereocenters. The van der Waals surface area contributed by atoms with Gasteiger partial charge in [0, 0.05) is 16.5 Å². The highest BCUT2D eigenvalue weighted by Gasteiger charge is 2.28. The Morgan fingerprint density at radius 3 is 1.65 bits per heavy atom. The van der Waals surface area contributed by atoms with E-state index in [-0.39, 0.29) is 5.41 Å². The molecule has 5 aromatic carbocycles. The first-order valence-corrected chi connectivity index (χ1v) is 14.4. The lowest BCUT2D eigenvalue weighted by Crippen LogP contribution is -2.55. The third-order valence-corrected chi connectivity index (χ3v) is 9.08. The maximum absolute atomic E-state index is 2.47. The van der Waals surface area contributed by atoms with Gasteiger partial charge in [-0.15, -0.1) is 16.4 Å². The number of fused-ring (bicyclic) bond motifs is 3. The zero-order chi connectivity index (χ0) is 28.3. The van der Waals surface area contributed by atoms with Crippen LogP contribution >= 0.6 is 0 Å². The van der Waals surface area contributed by atoms with Gasteiger partial charge < -0.3 is 4.57 Å². The third-order valence-electron chi connectivity index (χ3n) is 9.08. The fourth-order valence-corrected chi connectivity index (χ4v) is 6.75. The molecule has 0 aliphatic rings. The quantitative estimate of drug-likeness (QED) is 0.309. The summed E-state index contributed by atoms with van der Waals surface area (Å²) in [5, 5.41) is 2.70. The van der Waals surface area contributed by atoms with Crippen molar-refractivity contribution in [3.05, 3.63) is 96.6 Å². The highest BCUT2D eigenvalue weighted by Crippen LogP contribution is 2.46. The average Bonchev–Trinajstić information content (AvgIpc) is 3.30. The summed E-state index contributed by atoms with van der Waals surface area (Å²) >= 11 is 0. The molecule has 1 nitrogen and oxygen atoms in total. The first-order valence-electron chi connectivity index (χ1n) is 14.4. The summed E-state index contributed by atoms with van der Waals surface area (Å²) in [5.41, 5.74) is 17.3. The lowest BCUT2D eigenvalue weighted by Gasteiger charge is -2.26. The first-order chi connectivity index (χ1) is 19.1. The Hall–Kier alpha value is -3.78. The van der Waals surface area contributed by atoms with Gasteiger partial charge >= 0.3 is 0 Å². The monoisotopic (exact) mass is 511 g/mol. The average molecular weight is 511 g/mol. The number of para-hydroxylation sites is 1. The summed E-state index contributed by atoms with van der Waals surface area (Å²) in [4.78, 5) is 0. The van der Waals surface area contributed by atoms with Crippen LogP contribution in [0.4, 0.5) is 0 Å². The molecular weight excluding hydrogens is 476 g/mol. The van der Waals surface area contributed by atoms with E-state index in [4.69, 9.17) is 0 Å². The van der Waals surface area contributed by atoms with E-state index in [1.165, 1.54) is 82.6 Å². The molecule has 40 heavy (non-hydrogen) atoms. The molecule has 0 saturated carbocycles. The van der Waals surface area contributed by atoms with Gasteiger partial charge in [0.1, 0.15) is 39.2 Å². The van der Waals surface area contributed by atoms with Crippen LogP contribution in [0.5, 0.6) is 0 Å². The van der Waals surface area contributed by atoms with Crippen molar-refractivity contribution in [3.8, 4) is 27.9 Å². The molecule has 0 bridgehead atoms. The van der Waals surface area contributed by atoms with Crippen LogP contribution in [0.1, 0.15) is 26.3 Å². The van der Waals surface area contributed by atoms with E-state index in [1.807, 2.05) is 0 Å². The van der Waals surface area contributed by atoms with Crippen molar-refractivity contribution in [2.24, 2.45) is 0 Å². The molecule has 1 aromatic heterocycles. The molecule has 0 N–H and O–H groups in total. The number of benzene rings is 5.